The minimum atomic E-state index is -0.924. The predicted molar refractivity (Wildman–Crippen MR) is 72.5 cm³/mol. The van der Waals surface area contributed by atoms with E-state index in [2.05, 4.69) is 5.32 Å². The average Bonchev–Trinajstić information content (AvgIpc) is 2.38. The van der Waals surface area contributed by atoms with Crippen molar-refractivity contribution in [2.24, 2.45) is 5.73 Å². The molecule has 0 saturated carbocycles. The van der Waals surface area contributed by atoms with Crippen LogP contribution in [0.3, 0.4) is 0 Å². The average molecular weight is 264 g/mol. The quantitative estimate of drug-likeness (QED) is 0.695. The normalized spacial score (nSPS) is 13.6. The zero-order valence-corrected chi connectivity index (χ0v) is 11.0. The van der Waals surface area contributed by atoms with E-state index >= 15 is 0 Å². The maximum atomic E-state index is 12.0. The third-order valence-electron chi connectivity index (χ3n) is 2.85. The van der Waals surface area contributed by atoms with E-state index in [0.717, 1.165) is 6.42 Å². The Bertz CT molecular complexity index is 420. The minimum Gasteiger partial charge on any atom is -0.481 e. The Morgan fingerprint density at radius 1 is 1.32 bits per heavy atom. The van der Waals surface area contributed by atoms with Gasteiger partial charge in [0.1, 0.15) is 6.04 Å². The summed E-state index contributed by atoms with van der Waals surface area (Å²) >= 11 is 0. The number of hydrogen-bond donors (Lipinski definition) is 3. The van der Waals surface area contributed by atoms with Gasteiger partial charge in [0, 0.05) is 6.04 Å². The van der Waals surface area contributed by atoms with Crippen LogP contribution >= 0.6 is 0 Å². The summed E-state index contributed by atoms with van der Waals surface area (Å²) in [6, 6.07) is 7.87. The molecule has 19 heavy (non-hydrogen) atoms. The van der Waals surface area contributed by atoms with Gasteiger partial charge in [-0.15, -0.1) is 0 Å². The number of carbonyl (C=O) groups is 2. The van der Waals surface area contributed by atoms with Crippen LogP contribution in [0.25, 0.3) is 0 Å². The van der Waals surface area contributed by atoms with Gasteiger partial charge in [-0.25, -0.2) is 0 Å². The van der Waals surface area contributed by atoms with E-state index < -0.39 is 12.0 Å². The smallest absolute Gasteiger partial charge is 0.305 e. The first-order valence-corrected chi connectivity index (χ1v) is 6.37. The van der Waals surface area contributed by atoms with Crippen molar-refractivity contribution in [3.05, 3.63) is 35.9 Å². The van der Waals surface area contributed by atoms with Gasteiger partial charge in [0.25, 0.3) is 0 Å². The van der Waals surface area contributed by atoms with Crippen molar-refractivity contribution < 1.29 is 14.7 Å². The molecule has 0 aliphatic heterocycles. The third kappa shape index (κ3) is 5.09. The van der Waals surface area contributed by atoms with E-state index in [1.807, 2.05) is 25.1 Å². The fourth-order valence-corrected chi connectivity index (χ4v) is 1.89. The van der Waals surface area contributed by atoms with Gasteiger partial charge in [0.05, 0.1) is 6.42 Å². The lowest BCUT2D eigenvalue weighted by molar-refractivity contribution is -0.137. The van der Waals surface area contributed by atoms with Gasteiger partial charge in [-0.2, -0.15) is 0 Å². The van der Waals surface area contributed by atoms with Crippen LogP contribution in [0.4, 0.5) is 0 Å². The number of aliphatic carboxylic acids is 1. The Morgan fingerprint density at radius 2 is 1.95 bits per heavy atom. The van der Waals surface area contributed by atoms with Crippen molar-refractivity contribution in [1.82, 2.24) is 5.32 Å². The van der Waals surface area contributed by atoms with E-state index in [1.54, 1.807) is 12.1 Å². The number of nitrogens with two attached hydrogens (primary N) is 1. The summed E-state index contributed by atoms with van der Waals surface area (Å²) in [4.78, 5) is 22.7. The van der Waals surface area contributed by atoms with E-state index in [4.69, 9.17) is 10.8 Å². The fourth-order valence-electron chi connectivity index (χ4n) is 1.89. The minimum absolute atomic E-state index is 0.0823. The Morgan fingerprint density at radius 3 is 2.47 bits per heavy atom. The van der Waals surface area contributed by atoms with Crippen LogP contribution in [0.5, 0.6) is 0 Å². The molecule has 2 atom stereocenters. The van der Waals surface area contributed by atoms with Gasteiger partial charge in [-0.3, -0.25) is 9.59 Å². The number of rotatable bonds is 7. The maximum absolute atomic E-state index is 12.0. The molecule has 0 aliphatic rings. The Hall–Kier alpha value is -1.88. The number of carboxylic acids is 1. The second-order valence-corrected chi connectivity index (χ2v) is 4.48. The van der Waals surface area contributed by atoms with Crippen LogP contribution in [0.1, 0.15) is 37.8 Å². The van der Waals surface area contributed by atoms with Crippen molar-refractivity contribution >= 4 is 11.9 Å². The molecule has 2 unspecified atom stereocenters. The largest absolute Gasteiger partial charge is 0.481 e. The van der Waals surface area contributed by atoms with Gasteiger partial charge < -0.3 is 16.2 Å². The molecule has 1 aromatic carbocycles. The highest BCUT2D eigenvalue weighted by molar-refractivity contribution is 5.83. The molecule has 4 N–H and O–H groups in total. The third-order valence-corrected chi connectivity index (χ3v) is 2.85. The Balaban J connectivity index is 2.63. The molecule has 5 heteroatoms. The highest BCUT2D eigenvalue weighted by atomic mass is 16.4. The Labute approximate surface area is 112 Å². The summed E-state index contributed by atoms with van der Waals surface area (Å²) in [6.45, 7) is 1.94. The maximum Gasteiger partial charge on any atom is 0.305 e. The van der Waals surface area contributed by atoms with Crippen LogP contribution < -0.4 is 11.1 Å². The highest BCUT2D eigenvalue weighted by Gasteiger charge is 2.20. The summed E-state index contributed by atoms with van der Waals surface area (Å²) in [7, 11) is 0. The first-order chi connectivity index (χ1) is 9.04. The monoisotopic (exact) mass is 264 g/mol. The Kier molecular flexibility index (Phi) is 6.02. The predicted octanol–water partition coefficient (Wildman–Crippen LogP) is 1.45. The molecule has 0 saturated heterocycles. The lowest BCUT2D eigenvalue weighted by atomic mass is 10.0. The summed E-state index contributed by atoms with van der Waals surface area (Å²) in [5, 5.41) is 11.5. The van der Waals surface area contributed by atoms with E-state index in [-0.39, 0.29) is 18.4 Å². The first-order valence-electron chi connectivity index (χ1n) is 6.37. The van der Waals surface area contributed by atoms with Crippen molar-refractivity contribution in [3.8, 4) is 0 Å². The molecule has 0 fully saturated rings. The number of carbonyl (C=O) groups excluding carboxylic acids is 1. The van der Waals surface area contributed by atoms with Crippen molar-refractivity contribution in [2.45, 2.75) is 38.3 Å². The second-order valence-electron chi connectivity index (χ2n) is 4.48. The van der Waals surface area contributed by atoms with Crippen LogP contribution in [-0.4, -0.2) is 23.0 Å². The molecule has 0 bridgehead atoms. The molecule has 0 heterocycles. The summed E-state index contributed by atoms with van der Waals surface area (Å²) in [6.07, 6.45) is 1.35. The molecule has 1 aromatic rings. The lowest BCUT2D eigenvalue weighted by Crippen LogP contribution is -2.41. The number of hydrogen-bond acceptors (Lipinski definition) is 3. The zero-order chi connectivity index (χ0) is 14.3. The van der Waals surface area contributed by atoms with Gasteiger partial charge in [0.2, 0.25) is 5.91 Å². The van der Waals surface area contributed by atoms with Gasteiger partial charge in [-0.1, -0.05) is 43.7 Å². The number of carboxylic acid groups (broad SMARTS) is 1. The molecular formula is C14H20N2O3. The first kappa shape index (κ1) is 15.2. The number of nitrogens with one attached hydrogen (secondary N) is 1. The summed E-state index contributed by atoms with van der Waals surface area (Å²) in [5.41, 5.74) is 6.57. The summed E-state index contributed by atoms with van der Waals surface area (Å²) in [5.74, 6) is -1.27. The van der Waals surface area contributed by atoms with Crippen molar-refractivity contribution in [1.29, 1.82) is 0 Å². The molecule has 0 aliphatic carbocycles. The molecule has 1 amide bonds. The summed E-state index contributed by atoms with van der Waals surface area (Å²) < 4.78 is 0. The van der Waals surface area contributed by atoms with E-state index in [9.17, 15) is 9.59 Å². The van der Waals surface area contributed by atoms with Crippen molar-refractivity contribution in [2.75, 3.05) is 0 Å². The molecule has 0 spiro atoms. The highest BCUT2D eigenvalue weighted by Crippen LogP contribution is 2.11. The van der Waals surface area contributed by atoms with E-state index in [1.165, 1.54) is 0 Å². The van der Waals surface area contributed by atoms with Crippen LogP contribution in [0.2, 0.25) is 0 Å². The topological polar surface area (TPSA) is 92.4 Å². The zero-order valence-electron chi connectivity index (χ0n) is 11.0. The molecule has 5 nitrogen and oxygen atoms in total. The molecular weight excluding hydrogens is 244 g/mol. The molecule has 0 radical (unpaired) electrons. The lowest BCUT2D eigenvalue weighted by Gasteiger charge is -2.19. The number of benzene rings is 1. The molecule has 0 aromatic heterocycles. The molecule has 104 valence electrons. The van der Waals surface area contributed by atoms with Crippen LogP contribution in [-0.2, 0) is 9.59 Å². The standard InChI is InChI=1S/C14H20N2O3/c1-2-6-11(9-12(17)18)16-14(19)13(15)10-7-4-3-5-8-10/h3-5,7-8,11,13H,2,6,9,15H2,1H3,(H,16,19)(H,17,18). The van der Waals surface area contributed by atoms with Crippen LogP contribution in [0.15, 0.2) is 30.3 Å². The fraction of sp³-hybridized carbons (Fsp3) is 0.429. The SMILES string of the molecule is CCCC(CC(=O)O)NC(=O)C(N)c1ccccc1. The second kappa shape index (κ2) is 7.53. The van der Waals surface area contributed by atoms with Gasteiger partial charge in [-0.05, 0) is 12.0 Å². The van der Waals surface area contributed by atoms with Crippen molar-refractivity contribution in [3.63, 3.8) is 0 Å². The van der Waals surface area contributed by atoms with E-state index in [0.29, 0.717) is 12.0 Å². The van der Waals surface area contributed by atoms with Crippen LogP contribution in [0, 0.1) is 0 Å². The number of amides is 1. The van der Waals surface area contributed by atoms with Gasteiger partial charge >= 0.3 is 5.97 Å². The van der Waals surface area contributed by atoms with Gasteiger partial charge in [0.15, 0.2) is 0 Å². The molecule has 1 rings (SSSR count).